The monoisotopic (exact) mass is 661 g/mol. The summed E-state index contributed by atoms with van der Waals surface area (Å²) < 4.78 is 0. The normalized spacial score (nSPS) is 8.34. The Bertz CT molecular complexity index is 1250. The second-order valence-corrected chi connectivity index (χ2v) is 9.43. The quantitative estimate of drug-likeness (QED) is 0.168. The molecule has 0 spiro atoms. The summed E-state index contributed by atoms with van der Waals surface area (Å²) in [4.78, 5) is 33.3. The standard InChI is InChI=1S/2C9H10O.C8H11N.C8H8OS.4C2H6/c2*1-7-5-3-4-6-9(7)8(2)10;1-7-4-2-3-5-8(7)6-9;1-6(9)7-4-2-3-5-8(7)10;4*1-2/h2*3-6H,1-2H3;2-5H,6,9H2,1H3;2-5,10H,1H3;4*1-2H3. The van der Waals surface area contributed by atoms with Crippen LogP contribution in [0.1, 0.15) is 129 Å². The molecule has 0 saturated heterocycles. The molecule has 0 atom stereocenters. The number of aryl methyl sites for hydroxylation is 3. The van der Waals surface area contributed by atoms with E-state index in [2.05, 4.69) is 31.7 Å². The van der Waals surface area contributed by atoms with Crippen LogP contribution in [0.4, 0.5) is 0 Å². The highest BCUT2D eigenvalue weighted by Crippen LogP contribution is 2.12. The molecular formula is C42H63NO3S. The molecule has 0 unspecified atom stereocenters. The van der Waals surface area contributed by atoms with Crippen LogP contribution in [-0.2, 0) is 6.54 Å². The number of carbonyl (C=O) groups excluding carboxylic acids is 3. The summed E-state index contributed by atoms with van der Waals surface area (Å²) in [5, 5.41) is 0. The molecule has 4 aromatic rings. The Balaban J connectivity index is -0.000000244. The summed E-state index contributed by atoms with van der Waals surface area (Å²) in [6.45, 7) is 27.3. The number of carbonyl (C=O) groups is 3. The summed E-state index contributed by atoms with van der Waals surface area (Å²) in [5.74, 6) is 0.335. The van der Waals surface area contributed by atoms with E-state index in [-0.39, 0.29) is 17.3 Å². The van der Waals surface area contributed by atoms with Crippen molar-refractivity contribution in [1.82, 2.24) is 0 Å². The number of hydrogen-bond acceptors (Lipinski definition) is 5. The van der Waals surface area contributed by atoms with E-state index >= 15 is 0 Å². The highest BCUT2D eigenvalue weighted by Gasteiger charge is 2.01. The van der Waals surface area contributed by atoms with Crippen molar-refractivity contribution in [2.75, 3.05) is 0 Å². The molecule has 0 heterocycles. The van der Waals surface area contributed by atoms with Gasteiger partial charge in [-0.15, -0.1) is 12.6 Å². The number of Topliss-reactive ketones (excluding diaryl/α,β-unsaturated/α-hetero) is 3. The van der Waals surface area contributed by atoms with Gasteiger partial charge in [-0.05, 0) is 69.9 Å². The second-order valence-electron chi connectivity index (χ2n) is 8.95. The van der Waals surface area contributed by atoms with E-state index in [0.29, 0.717) is 12.1 Å². The van der Waals surface area contributed by atoms with Gasteiger partial charge >= 0.3 is 0 Å². The molecule has 0 amide bonds. The second kappa shape index (κ2) is 33.6. The zero-order valence-electron chi connectivity index (χ0n) is 31.7. The van der Waals surface area contributed by atoms with Gasteiger partial charge in [0.15, 0.2) is 17.3 Å². The number of benzene rings is 4. The molecule has 0 aliphatic carbocycles. The fraction of sp³-hybridized carbons (Fsp3) is 0.357. The van der Waals surface area contributed by atoms with Gasteiger partial charge in [0.1, 0.15) is 0 Å². The van der Waals surface area contributed by atoms with Gasteiger partial charge in [-0.1, -0.05) is 146 Å². The summed E-state index contributed by atoms with van der Waals surface area (Å²) in [5.41, 5.74) is 12.4. The lowest BCUT2D eigenvalue weighted by Crippen LogP contribution is -1.97. The van der Waals surface area contributed by atoms with Crippen molar-refractivity contribution in [1.29, 1.82) is 0 Å². The number of rotatable bonds is 4. The smallest absolute Gasteiger partial charge is 0.160 e. The van der Waals surface area contributed by atoms with Crippen LogP contribution in [0.2, 0.25) is 0 Å². The highest BCUT2D eigenvalue weighted by atomic mass is 32.1. The summed E-state index contributed by atoms with van der Waals surface area (Å²) >= 11 is 4.12. The zero-order valence-corrected chi connectivity index (χ0v) is 32.6. The molecule has 0 aliphatic rings. The van der Waals surface area contributed by atoms with Crippen LogP contribution in [-0.4, -0.2) is 17.3 Å². The van der Waals surface area contributed by atoms with Crippen molar-refractivity contribution in [3.05, 3.63) is 136 Å². The van der Waals surface area contributed by atoms with Crippen molar-refractivity contribution in [3.8, 4) is 0 Å². The first-order valence-corrected chi connectivity index (χ1v) is 17.1. The molecule has 2 N–H and O–H groups in total. The zero-order chi connectivity index (χ0) is 37.4. The average molecular weight is 662 g/mol. The minimum Gasteiger partial charge on any atom is -0.326 e. The molecule has 0 aromatic heterocycles. The molecule has 0 fully saturated rings. The summed E-state index contributed by atoms with van der Waals surface area (Å²) in [6, 6.07) is 30.6. The molecule has 0 aliphatic heterocycles. The van der Waals surface area contributed by atoms with Gasteiger partial charge in [-0.2, -0.15) is 0 Å². The van der Waals surface area contributed by atoms with E-state index in [1.165, 1.54) is 18.1 Å². The Morgan fingerprint density at radius 3 is 0.957 bits per heavy atom. The average Bonchev–Trinajstić information content (AvgIpc) is 3.10. The van der Waals surface area contributed by atoms with Crippen molar-refractivity contribution >= 4 is 30.0 Å². The Labute approximate surface area is 293 Å². The first-order valence-electron chi connectivity index (χ1n) is 16.7. The number of ketones is 3. The van der Waals surface area contributed by atoms with Gasteiger partial charge in [0.2, 0.25) is 0 Å². The predicted molar refractivity (Wildman–Crippen MR) is 211 cm³/mol. The lowest BCUT2D eigenvalue weighted by atomic mass is 10.1. The predicted octanol–water partition coefficient (Wildman–Crippen LogP) is 12.1. The summed E-state index contributed by atoms with van der Waals surface area (Å²) in [7, 11) is 0. The molecule has 5 heteroatoms. The van der Waals surface area contributed by atoms with E-state index < -0.39 is 0 Å². The molecular weight excluding hydrogens is 599 g/mol. The third-order valence-electron chi connectivity index (χ3n) is 5.81. The first kappa shape index (κ1) is 50.1. The van der Waals surface area contributed by atoms with Crippen LogP contribution in [0.3, 0.4) is 0 Å². The van der Waals surface area contributed by atoms with Crippen LogP contribution in [0.25, 0.3) is 0 Å². The van der Waals surface area contributed by atoms with Crippen LogP contribution in [0.15, 0.2) is 102 Å². The van der Waals surface area contributed by atoms with Crippen LogP contribution in [0, 0.1) is 20.8 Å². The minimum absolute atomic E-state index is 0.0607. The Morgan fingerprint density at radius 1 is 0.468 bits per heavy atom. The van der Waals surface area contributed by atoms with Crippen molar-refractivity contribution < 1.29 is 14.4 Å². The number of thiol groups is 1. The Morgan fingerprint density at radius 2 is 0.745 bits per heavy atom. The molecule has 0 radical (unpaired) electrons. The Hall–Kier alpha value is -3.80. The van der Waals surface area contributed by atoms with E-state index in [0.717, 1.165) is 27.1 Å². The van der Waals surface area contributed by atoms with Crippen LogP contribution >= 0.6 is 12.6 Å². The van der Waals surface area contributed by atoms with Crippen molar-refractivity contribution in [3.63, 3.8) is 0 Å². The maximum absolute atomic E-state index is 10.9. The molecule has 0 saturated carbocycles. The lowest BCUT2D eigenvalue weighted by molar-refractivity contribution is 0.100. The van der Waals surface area contributed by atoms with Gasteiger partial charge in [0.25, 0.3) is 0 Å². The minimum atomic E-state index is 0.0607. The Kier molecular flexibility index (Phi) is 35.7. The number of hydrogen-bond donors (Lipinski definition) is 2. The fourth-order valence-electron chi connectivity index (χ4n) is 3.55. The maximum Gasteiger partial charge on any atom is 0.160 e. The van der Waals surface area contributed by atoms with E-state index in [1.807, 2.05) is 142 Å². The van der Waals surface area contributed by atoms with Crippen molar-refractivity contribution in [2.24, 2.45) is 5.73 Å². The van der Waals surface area contributed by atoms with Crippen molar-refractivity contribution in [2.45, 2.75) is 108 Å². The van der Waals surface area contributed by atoms with Crippen LogP contribution in [0.5, 0.6) is 0 Å². The topological polar surface area (TPSA) is 77.2 Å². The number of nitrogens with two attached hydrogens (primary N) is 1. The molecule has 4 nitrogen and oxygen atoms in total. The van der Waals surface area contributed by atoms with Gasteiger partial charge < -0.3 is 5.73 Å². The van der Waals surface area contributed by atoms with E-state index in [1.54, 1.807) is 26.0 Å². The van der Waals surface area contributed by atoms with Gasteiger partial charge in [-0.3, -0.25) is 14.4 Å². The maximum atomic E-state index is 10.9. The largest absolute Gasteiger partial charge is 0.326 e. The highest BCUT2D eigenvalue weighted by molar-refractivity contribution is 7.80. The molecule has 4 rings (SSSR count). The summed E-state index contributed by atoms with van der Waals surface area (Å²) in [6.07, 6.45) is 0. The molecule has 47 heavy (non-hydrogen) atoms. The van der Waals surface area contributed by atoms with E-state index in [9.17, 15) is 14.4 Å². The molecule has 4 aromatic carbocycles. The third-order valence-corrected chi connectivity index (χ3v) is 6.20. The fourth-order valence-corrected chi connectivity index (χ4v) is 3.86. The van der Waals surface area contributed by atoms with Gasteiger partial charge in [0, 0.05) is 28.1 Å². The van der Waals surface area contributed by atoms with Gasteiger partial charge in [0.05, 0.1) is 0 Å². The van der Waals surface area contributed by atoms with E-state index in [4.69, 9.17) is 5.73 Å². The third kappa shape index (κ3) is 23.2. The SMILES string of the molecule is CC.CC.CC.CC.CC(=O)c1ccccc1C.CC(=O)c1ccccc1C.CC(=O)c1ccccc1S.Cc1ccccc1CN. The molecule has 0 bridgehead atoms. The van der Waals surface area contributed by atoms with Crippen LogP contribution < -0.4 is 5.73 Å². The van der Waals surface area contributed by atoms with Gasteiger partial charge in [-0.25, -0.2) is 0 Å². The lowest BCUT2D eigenvalue weighted by Gasteiger charge is -1.98. The molecule has 260 valence electrons. The first-order chi connectivity index (χ1) is 22.5.